The Kier molecular flexibility index (Phi) is 4.70. The maximum absolute atomic E-state index is 12.0. The maximum atomic E-state index is 12.0. The second-order valence-electron chi connectivity index (χ2n) is 2.96. The molecule has 2 N–H and O–H groups in total. The van der Waals surface area contributed by atoms with Crippen LogP contribution in [-0.4, -0.2) is 21.5 Å². The van der Waals surface area contributed by atoms with E-state index >= 15 is 0 Å². The Morgan fingerprint density at radius 2 is 2.06 bits per heavy atom. The highest BCUT2D eigenvalue weighted by molar-refractivity contribution is 9.10. The van der Waals surface area contributed by atoms with Crippen LogP contribution in [0.3, 0.4) is 0 Å². The van der Waals surface area contributed by atoms with E-state index in [1.54, 1.807) is 0 Å². The molecule has 0 atom stereocenters. The third-order valence-electron chi connectivity index (χ3n) is 1.63. The number of nitrogens with two attached hydrogens (primary N) is 1. The normalized spacial score (nSPS) is 11.9. The molecule has 96 valence electrons. The Hall–Kier alpha value is -0.440. The van der Waals surface area contributed by atoms with E-state index in [0.29, 0.717) is 4.47 Å². The zero-order valence-corrected chi connectivity index (χ0v) is 11.3. The first kappa shape index (κ1) is 14.6. The van der Waals surface area contributed by atoms with Crippen LogP contribution < -0.4 is 9.88 Å². The van der Waals surface area contributed by atoms with Gasteiger partial charge in [-0.25, -0.2) is 22.3 Å². The van der Waals surface area contributed by atoms with E-state index in [1.807, 2.05) is 0 Å². The number of hydrogen-bond acceptors (Lipinski definition) is 3. The molecule has 0 saturated heterocycles. The Balaban J connectivity index is 3.26. The van der Waals surface area contributed by atoms with Crippen LogP contribution in [0, 0.1) is 0 Å². The second kappa shape index (κ2) is 5.47. The summed E-state index contributed by atoms with van der Waals surface area (Å²) in [5.74, 6) is -0.377. The van der Waals surface area contributed by atoms with Crippen LogP contribution in [-0.2, 0) is 10.0 Å². The lowest BCUT2D eigenvalue weighted by Crippen LogP contribution is -2.16. The smallest absolute Gasteiger partial charge is 0.272 e. The highest BCUT2D eigenvalue weighted by atomic mass is 79.9. The lowest BCUT2D eigenvalue weighted by Gasteiger charge is -2.12. The molecule has 0 amide bonds. The van der Waals surface area contributed by atoms with Crippen molar-refractivity contribution in [2.24, 2.45) is 5.14 Å². The fourth-order valence-corrected chi connectivity index (χ4v) is 2.82. The SMILES string of the molecule is NS(=O)(=O)c1cc(Br)cc(Cl)c1OCC(F)F. The molecule has 0 unspecified atom stereocenters. The van der Waals surface area contributed by atoms with Crippen LogP contribution >= 0.6 is 27.5 Å². The van der Waals surface area contributed by atoms with Gasteiger partial charge in [-0.15, -0.1) is 0 Å². The number of benzene rings is 1. The van der Waals surface area contributed by atoms with Gasteiger partial charge in [0.25, 0.3) is 6.43 Å². The molecule has 1 aromatic carbocycles. The van der Waals surface area contributed by atoms with Gasteiger partial charge in [0.05, 0.1) is 5.02 Å². The van der Waals surface area contributed by atoms with Crippen molar-refractivity contribution in [3.05, 3.63) is 21.6 Å². The van der Waals surface area contributed by atoms with Crippen molar-refractivity contribution >= 4 is 37.6 Å². The van der Waals surface area contributed by atoms with Crippen molar-refractivity contribution in [3.63, 3.8) is 0 Å². The Morgan fingerprint density at radius 3 is 2.53 bits per heavy atom. The van der Waals surface area contributed by atoms with Gasteiger partial charge in [-0.05, 0) is 12.1 Å². The summed E-state index contributed by atoms with van der Waals surface area (Å²) in [7, 11) is -4.11. The summed E-state index contributed by atoms with van der Waals surface area (Å²) in [6.45, 7) is -0.968. The first-order valence-corrected chi connectivity index (χ1v) is 6.86. The van der Waals surface area contributed by atoms with Crippen molar-refractivity contribution in [2.75, 3.05) is 6.61 Å². The minimum absolute atomic E-state index is 0.121. The molecule has 0 saturated carbocycles. The van der Waals surface area contributed by atoms with Gasteiger partial charge in [-0.3, -0.25) is 0 Å². The Bertz CT molecular complexity index is 524. The number of alkyl halides is 2. The topological polar surface area (TPSA) is 69.4 Å². The summed E-state index contributed by atoms with van der Waals surface area (Å²) in [6, 6.07) is 2.44. The maximum Gasteiger partial charge on any atom is 0.272 e. The molecule has 0 bridgehead atoms. The van der Waals surface area contributed by atoms with E-state index in [4.69, 9.17) is 16.7 Å². The molecular formula is C8H7BrClF2NO3S. The predicted molar refractivity (Wildman–Crippen MR) is 62.0 cm³/mol. The molecule has 4 nitrogen and oxygen atoms in total. The van der Waals surface area contributed by atoms with Gasteiger partial charge in [0.15, 0.2) is 5.75 Å². The summed E-state index contributed by atoms with van der Waals surface area (Å²) in [5.41, 5.74) is 0. The molecule has 0 fully saturated rings. The summed E-state index contributed by atoms with van der Waals surface area (Å²) < 4.78 is 51.5. The van der Waals surface area contributed by atoms with Crippen molar-refractivity contribution in [3.8, 4) is 5.75 Å². The number of sulfonamides is 1. The van der Waals surface area contributed by atoms with E-state index in [1.165, 1.54) is 6.07 Å². The molecule has 0 aliphatic carbocycles. The van der Waals surface area contributed by atoms with E-state index in [9.17, 15) is 17.2 Å². The minimum Gasteiger partial charge on any atom is -0.485 e. The summed E-state index contributed by atoms with van der Waals surface area (Å²) in [6.07, 6.45) is -2.75. The number of ether oxygens (including phenoxy) is 1. The molecule has 0 spiro atoms. The van der Waals surface area contributed by atoms with Crippen LogP contribution in [0.15, 0.2) is 21.5 Å². The number of hydrogen-bond donors (Lipinski definition) is 1. The average molecular weight is 351 g/mol. The molecular weight excluding hydrogens is 344 g/mol. The van der Waals surface area contributed by atoms with Gasteiger partial charge in [-0.1, -0.05) is 27.5 Å². The third-order valence-corrected chi connectivity index (χ3v) is 3.29. The van der Waals surface area contributed by atoms with Gasteiger partial charge in [0.2, 0.25) is 10.0 Å². The molecule has 9 heteroatoms. The van der Waals surface area contributed by atoms with Gasteiger partial charge in [0, 0.05) is 4.47 Å². The molecule has 0 aliphatic heterocycles. The van der Waals surface area contributed by atoms with Crippen molar-refractivity contribution in [1.29, 1.82) is 0 Å². The van der Waals surface area contributed by atoms with Gasteiger partial charge >= 0.3 is 0 Å². The minimum atomic E-state index is -4.11. The molecule has 0 heterocycles. The molecule has 17 heavy (non-hydrogen) atoms. The fourth-order valence-electron chi connectivity index (χ4n) is 1.03. The van der Waals surface area contributed by atoms with Crippen LogP contribution in [0.25, 0.3) is 0 Å². The monoisotopic (exact) mass is 349 g/mol. The molecule has 0 aliphatic rings. The number of primary sulfonamides is 1. The van der Waals surface area contributed by atoms with Crippen LogP contribution in [0.5, 0.6) is 5.75 Å². The second-order valence-corrected chi connectivity index (χ2v) is 5.81. The van der Waals surface area contributed by atoms with Crippen molar-refractivity contribution < 1.29 is 21.9 Å². The highest BCUT2D eigenvalue weighted by Crippen LogP contribution is 2.35. The molecule has 1 aromatic rings. The quantitative estimate of drug-likeness (QED) is 0.906. The van der Waals surface area contributed by atoms with E-state index in [2.05, 4.69) is 20.7 Å². The van der Waals surface area contributed by atoms with Gasteiger partial charge in [0.1, 0.15) is 11.5 Å². The zero-order chi connectivity index (χ0) is 13.2. The van der Waals surface area contributed by atoms with Crippen LogP contribution in [0.4, 0.5) is 8.78 Å². The summed E-state index contributed by atoms with van der Waals surface area (Å²) >= 11 is 8.72. The summed E-state index contributed by atoms with van der Waals surface area (Å²) in [4.78, 5) is -0.447. The third kappa shape index (κ3) is 4.06. The van der Waals surface area contributed by atoms with E-state index in [-0.39, 0.29) is 10.8 Å². The van der Waals surface area contributed by atoms with E-state index in [0.717, 1.165) is 6.07 Å². The highest BCUT2D eigenvalue weighted by Gasteiger charge is 2.20. The Morgan fingerprint density at radius 1 is 1.47 bits per heavy atom. The largest absolute Gasteiger partial charge is 0.485 e. The predicted octanol–water partition coefficient (Wildman–Crippen LogP) is 2.39. The average Bonchev–Trinajstić information content (AvgIpc) is 2.13. The first-order valence-electron chi connectivity index (χ1n) is 4.14. The van der Waals surface area contributed by atoms with Crippen LogP contribution in [0.1, 0.15) is 0 Å². The van der Waals surface area contributed by atoms with Crippen molar-refractivity contribution in [2.45, 2.75) is 11.3 Å². The number of rotatable bonds is 4. The first-order chi connectivity index (χ1) is 7.71. The van der Waals surface area contributed by atoms with Crippen molar-refractivity contribution in [1.82, 2.24) is 0 Å². The molecule has 0 aromatic heterocycles. The lowest BCUT2D eigenvalue weighted by molar-refractivity contribution is 0.0804. The zero-order valence-electron chi connectivity index (χ0n) is 8.16. The summed E-state index contributed by atoms with van der Waals surface area (Å²) in [5, 5.41) is 4.81. The van der Waals surface area contributed by atoms with Gasteiger partial charge in [-0.2, -0.15) is 0 Å². The fraction of sp³-hybridized carbons (Fsp3) is 0.250. The van der Waals surface area contributed by atoms with Gasteiger partial charge < -0.3 is 4.74 Å². The molecule has 0 radical (unpaired) electrons. The number of halogens is 4. The Labute approximate surface area is 110 Å². The lowest BCUT2D eigenvalue weighted by atomic mass is 10.3. The van der Waals surface area contributed by atoms with E-state index < -0.39 is 28.0 Å². The molecule has 1 rings (SSSR count). The van der Waals surface area contributed by atoms with Crippen LogP contribution in [0.2, 0.25) is 5.02 Å². The standard InChI is InChI=1S/C8H7BrClF2NO3S/c9-4-1-5(10)8(16-3-7(11)12)6(2-4)17(13,14)15/h1-2,7H,3H2,(H2,13,14,15).